The van der Waals surface area contributed by atoms with Crippen LogP contribution in [0.4, 0.5) is 10.1 Å². The van der Waals surface area contributed by atoms with Crippen LogP contribution in [-0.2, 0) is 11.3 Å². The van der Waals surface area contributed by atoms with Gasteiger partial charge in [0.25, 0.3) is 5.91 Å². The first-order chi connectivity index (χ1) is 14.5. The van der Waals surface area contributed by atoms with E-state index in [2.05, 4.69) is 15.2 Å². The van der Waals surface area contributed by atoms with Gasteiger partial charge in [-0.15, -0.1) is 11.3 Å². The Bertz CT molecular complexity index is 904. The third-order valence-electron chi connectivity index (χ3n) is 6.17. The van der Waals surface area contributed by atoms with Crippen molar-refractivity contribution in [2.45, 2.75) is 39.2 Å². The molecule has 6 nitrogen and oxygen atoms in total. The highest BCUT2D eigenvalue weighted by Gasteiger charge is 2.29. The maximum atomic E-state index is 14.3. The predicted octanol–water partition coefficient (Wildman–Crippen LogP) is 3.68. The van der Waals surface area contributed by atoms with E-state index >= 15 is 0 Å². The zero-order valence-corrected chi connectivity index (χ0v) is 18.0. The molecule has 0 atom stereocenters. The summed E-state index contributed by atoms with van der Waals surface area (Å²) in [6.07, 6.45) is 5.88. The smallest absolute Gasteiger partial charge is 0.267 e. The molecule has 30 heavy (non-hydrogen) atoms. The lowest BCUT2D eigenvalue weighted by Crippen LogP contribution is -2.49. The summed E-state index contributed by atoms with van der Waals surface area (Å²) >= 11 is 1.25. The van der Waals surface area contributed by atoms with Crippen molar-refractivity contribution < 1.29 is 14.0 Å². The molecule has 2 fully saturated rings. The topological polar surface area (TPSA) is 65.5 Å². The number of hydrogen-bond acceptors (Lipinski definition) is 5. The number of halogens is 1. The fourth-order valence-electron chi connectivity index (χ4n) is 4.34. The number of carbonyl (C=O) groups excluding carboxylic acids is 2. The molecule has 1 aliphatic carbocycles. The summed E-state index contributed by atoms with van der Waals surface area (Å²) in [5.74, 6) is -0.129. The van der Waals surface area contributed by atoms with Crippen molar-refractivity contribution in [2.24, 2.45) is 5.92 Å². The lowest BCUT2D eigenvalue weighted by molar-refractivity contribution is -0.137. The summed E-state index contributed by atoms with van der Waals surface area (Å²) in [6, 6.07) is 2.89. The van der Waals surface area contributed by atoms with E-state index in [0.29, 0.717) is 23.0 Å². The van der Waals surface area contributed by atoms with Crippen molar-refractivity contribution in [1.29, 1.82) is 0 Å². The molecule has 1 aromatic carbocycles. The maximum absolute atomic E-state index is 14.3. The Kier molecular flexibility index (Phi) is 6.43. The minimum atomic E-state index is -0.370. The summed E-state index contributed by atoms with van der Waals surface area (Å²) < 4.78 is 14.3. The van der Waals surface area contributed by atoms with E-state index in [1.807, 2.05) is 11.8 Å². The molecule has 1 saturated carbocycles. The highest BCUT2D eigenvalue weighted by atomic mass is 32.1. The summed E-state index contributed by atoms with van der Waals surface area (Å²) in [5.41, 5.74) is 3.79. The van der Waals surface area contributed by atoms with E-state index in [4.69, 9.17) is 0 Å². The van der Waals surface area contributed by atoms with Crippen molar-refractivity contribution in [1.82, 2.24) is 14.8 Å². The molecule has 1 N–H and O–H groups in total. The zero-order valence-electron chi connectivity index (χ0n) is 17.2. The number of nitrogens with zero attached hydrogens (tertiary/aromatic N) is 3. The van der Waals surface area contributed by atoms with E-state index in [-0.39, 0.29) is 17.6 Å². The zero-order chi connectivity index (χ0) is 21.1. The van der Waals surface area contributed by atoms with Crippen LogP contribution in [0.15, 0.2) is 23.8 Å². The third kappa shape index (κ3) is 4.70. The normalized spacial score (nSPS) is 18.0. The van der Waals surface area contributed by atoms with Crippen molar-refractivity contribution in [2.75, 3.05) is 31.5 Å². The maximum Gasteiger partial charge on any atom is 0.267 e. The predicted molar refractivity (Wildman–Crippen MR) is 115 cm³/mol. The molecule has 2 amide bonds. The molecule has 2 aliphatic rings. The van der Waals surface area contributed by atoms with E-state index in [1.54, 1.807) is 5.51 Å². The van der Waals surface area contributed by atoms with Crippen LogP contribution in [0.25, 0.3) is 0 Å². The third-order valence-corrected chi connectivity index (χ3v) is 6.94. The first-order valence-electron chi connectivity index (χ1n) is 10.5. The molecule has 160 valence electrons. The molecule has 2 heterocycles. The van der Waals surface area contributed by atoms with Crippen LogP contribution in [0.5, 0.6) is 0 Å². The van der Waals surface area contributed by atoms with Gasteiger partial charge in [-0.3, -0.25) is 19.5 Å². The van der Waals surface area contributed by atoms with Crippen LogP contribution < -0.4 is 5.32 Å². The Labute approximate surface area is 180 Å². The number of aromatic nitrogens is 1. The lowest BCUT2D eigenvalue weighted by atomic mass is 10.0. The first kappa shape index (κ1) is 20.9. The molecule has 0 unspecified atom stereocenters. The minimum Gasteiger partial charge on any atom is -0.340 e. The highest BCUT2D eigenvalue weighted by Crippen LogP contribution is 2.28. The summed E-state index contributed by atoms with van der Waals surface area (Å²) in [6.45, 7) is 5.49. The molecule has 0 bridgehead atoms. The molecule has 0 radical (unpaired) electrons. The summed E-state index contributed by atoms with van der Waals surface area (Å²) in [5, 5.41) is 2.80. The number of hydrogen-bond donors (Lipinski definition) is 1. The van der Waals surface area contributed by atoms with Gasteiger partial charge in [0.1, 0.15) is 10.7 Å². The molecule has 4 rings (SSSR count). The minimum absolute atomic E-state index is 0.215. The molecule has 2 aromatic rings. The van der Waals surface area contributed by atoms with Gasteiger partial charge in [0.2, 0.25) is 5.91 Å². The van der Waals surface area contributed by atoms with Gasteiger partial charge in [-0.2, -0.15) is 0 Å². The Morgan fingerprint density at radius 1 is 1.20 bits per heavy atom. The van der Waals surface area contributed by atoms with Gasteiger partial charge in [-0.25, -0.2) is 4.39 Å². The van der Waals surface area contributed by atoms with Crippen LogP contribution in [-0.4, -0.2) is 52.8 Å². The van der Waals surface area contributed by atoms with Crippen LogP contribution in [0.2, 0.25) is 0 Å². The van der Waals surface area contributed by atoms with Gasteiger partial charge in [0.15, 0.2) is 0 Å². The molecular formula is C22H27FN4O2S. The Balaban J connectivity index is 1.38. The van der Waals surface area contributed by atoms with Crippen LogP contribution in [0.1, 0.15) is 46.5 Å². The van der Waals surface area contributed by atoms with Crippen LogP contribution >= 0.6 is 11.3 Å². The van der Waals surface area contributed by atoms with Crippen molar-refractivity contribution in [3.05, 3.63) is 45.7 Å². The fourth-order valence-corrected chi connectivity index (χ4v) is 4.85. The lowest BCUT2D eigenvalue weighted by Gasteiger charge is -2.36. The van der Waals surface area contributed by atoms with Crippen molar-refractivity contribution in [3.8, 4) is 0 Å². The van der Waals surface area contributed by atoms with Crippen molar-refractivity contribution >= 4 is 28.8 Å². The average molecular weight is 431 g/mol. The summed E-state index contributed by atoms with van der Waals surface area (Å²) in [7, 11) is 0. The molecule has 0 spiro atoms. The quantitative estimate of drug-likeness (QED) is 0.786. The molecule has 1 aliphatic heterocycles. The number of benzene rings is 1. The van der Waals surface area contributed by atoms with Gasteiger partial charge in [-0.1, -0.05) is 12.8 Å². The van der Waals surface area contributed by atoms with E-state index < -0.39 is 0 Å². The fraction of sp³-hybridized carbons (Fsp3) is 0.500. The average Bonchev–Trinajstić information content (AvgIpc) is 3.45. The van der Waals surface area contributed by atoms with Gasteiger partial charge in [-0.05, 0) is 43.0 Å². The number of rotatable bonds is 5. The second-order valence-corrected chi connectivity index (χ2v) is 9.03. The van der Waals surface area contributed by atoms with Gasteiger partial charge in [0.05, 0.1) is 11.7 Å². The Morgan fingerprint density at radius 3 is 2.60 bits per heavy atom. The molecule has 1 saturated heterocycles. The Hall–Kier alpha value is -2.32. The Morgan fingerprint density at radius 2 is 1.93 bits per heavy atom. The molecule has 8 heteroatoms. The highest BCUT2D eigenvalue weighted by molar-refractivity contribution is 7.11. The van der Waals surface area contributed by atoms with E-state index in [1.165, 1.54) is 29.7 Å². The number of piperazine rings is 1. The standard InChI is InChI=1S/C22H27FN4O2S/c1-15-17(10-18(23)11-19(15)25-21(28)20-12-24-14-30-20)13-26-6-8-27(9-7-26)22(29)16-4-2-3-5-16/h10-12,14,16H,2-9,13H2,1H3,(H,25,28). The monoisotopic (exact) mass is 430 g/mol. The van der Waals surface area contributed by atoms with E-state index in [0.717, 1.165) is 63.0 Å². The van der Waals surface area contributed by atoms with Gasteiger partial charge < -0.3 is 10.2 Å². The van der Waals surface area contributed by atoms with Crippen molar-refractivity contribution in [3.63, 3.8) is 0 Å². The molecule has 1 aromatic heterocycles. The van der Waals surface area contributed by atoms with Crippen LogP contribution in [0, 0.1) is 18.7 Å². The second-order valence-electron chi connectivity index (χ2n) is 8.14. The number of thiazole rings is 1. The second kappa shape index (κ2) is 9.22. The first-order valence-corrected chi connectivity index (χ1v) is 11.4. The number of amides is 2. The van der Waals surface area contributed by atoms with Crippen LogP contribution in [0.3, 0.4) is 0 Å². The largest absolute Gasteiger partial charge is 0.340 e. The summed E-state index contributed by atoms with van der Waals surface area (Å²) in [4.78, 5) is 33.6. The number of nitrogens with one attached hydrogen (secondary N) is 1. The van der Waals surface area contributed by atoms with Gasteiger partial charge >= 0.3 is 0 Å². The van der Waals surface area contributed by atoms with Gasteiger partial charge in [0, 0.05) is 44.3 Å². The number of carbonyl (C=O) groups is 2. The molecular weight excluding hydrogens is 403 g/mol. The number of anilines is 1. The SMILES string of the molecule is Cc1c(CN2CCN(C(=O)C3CCCC3)CC2)cc(F)cc1NC(=O)c1cncs1. The van der Waals surface area contributed by atoms with E-state index in [9.17, 15) is 14.0 Å².